The molecular weight excluding hydrogens is 368 g/mol. The molecular formula is C21H30N6O2. The lowest BCUT2D eigenvalue weighted by Gasteiger charge is -2.37. The molecule has 156 valence electrons. The molecule has 0 atom stereocenters. The first-order valence-corrected chi connectivity index (χ1v) is 10.1. The van der Waals surface area contributed by atoms with Gasteiger partial charge in [-0.25, -0.2) is 15.0 Å². The van der Waals surface area contributed by atoms with Gasteiger partial charge in [0.2, 0.25) is 5.88 Å². The Balaban J connectivity index is 1.62. The zero-order valence-corrected chi connectivity index (χ0v) is 17.3. The summed E-state index contributed by atoms with van der Waals surface area (Å²) in [6.45, 7) is 8.05. The third-order valence-corrected chi connectivity index (χ3v) is 4.66. The lowest BCUT2D eigenvalue weighted by molar-refractivity contribution is 0.143. The average molecular weight is 399 g/mol. The van der Waals surface area contributed by atoms with Gasteiger partial charge in [-0.15, -0.1) is 0 Å². The van der Waals surface area contributed by atoms with Crippen molar-refractivity contribution in [2.24, 2.45) is 4.99 Å². The molecule has 0 aliphatic carbocycles. The Morgan fingerprint density at radius 2 is 1.90 bits per heavy atom. The van der Waals surface area contributed by atoms with Crippen molar-refractivity contribution in [2.45, 2.75) is 13.5 Å². The second kappa shape index (κ2) is 11.2. The van der Waals surface area contributed by atoms with Crippen LogP contribution in [0.3, 0.4) is 0 Å². The molecule has 1 fully saturated rings. The van der Waals surface area contributed by atoms with Crippen molar-refractivity contribution in [3.63, 3.8) is 0 Å². The monoisotopic (exact) mass is 398 g/mol. The lowest BCUT2D eigenvalue weighted by Crippen LogP contribution is -2.52. The fourth-order valence-electron chi connectivity index (χ4n) is 3.17. The third kappa shape index (κ3) is 6.05. The Morgan fingerprint density at radius 3 is 2.62 bits per heavy atom. The molecule has 1 saturated heterocycles. The minimum absolute atomic E-state index is 0.472. The van der Waals surface area contributed by atoms with Gasteiger partial charge >= 0.3 is 0 Å². The summed E-state index contributed by atoms with van der Waals surface area (Å²) >= 11 is 0. The first-order chi connectivity index (χ1) is 14.3. The van der Waals surface area contributed by atoms with Crippen molar-refractivity contribution in [1.29, 1.82) is 0 Å². The highest BCUT2D eigenvalue weighted by Gasteiger charge is 2.20. The van der Waals surface area contributed by atoms with E-state index >= 15 is 0 Å². The number of anilines is 1. The molecule has 8 heteroatoms. The molecule has 0 aromatic carbocycles. The summed E-state index contributed by atoms with van der Waals surface area (Å²) in [5.41, 5.74) is 0.964. The van der Waals surface area contributed by atoms with Gasteiger partial charge in [-0.05, 0) is 25.1 Å². The molecule has 1 N–H and O–H groups in total. The molecule has 29 heavy (non-hydrogen) atoms. The topological polar surface area (TPSA) is 75.1 Å². The standard InChI is InChI=1S/C21H30N6O2/c1-3-22-21(25-17-18-7-6-10-24-20(18)29-16-15-28-2)27-13-11-26(12-14-27)19-8-4-5-9-23-19/h4-10H,3,11-17H2,1-2H3,(H,22,25). The van der Waals surface area contributed by atoms with Crippen LogP contribution in [0.5, 0.6) is 5.88 Å². The number of pyridine rings is 2. The van der Waals surface area contributed by atoms with E-state index in [1.54, 1.807) is 13.3 Å². The van der Waals surface area contributed by atoms with Gasteiger partial charge in [-0.3, -0.25) is 0 Å². The quantitative estimate of drug-likeness (QED) is 0.413. The van der Waals surface area contributed by atoms with E-state index in [1.165, 1.54) is 0 Å². The van der Waals surface area contributed by atoms with E-state index in [-0.39, 0.29) is 0 Å². The number of nitrogens with one attached hydrogen (secondary N) is 1. The molecule has 3 rings (SSSR count). The van der Waals surface area contributed by atoms with Crippen molar-refractivity contribution in [3.05, 3.63) is 48.3 Å². The first kappa shape index (κ1) is 20.9. The molecule has 0 spiro atoms. The van der Waals surface area contributed by atoms with Gasteiger partial charge in [-0.2, -0.15) is 0 Å². The van der Waals surface area contributed by atoms with Crippen LogP contribution < -0.4 is 15.0 Å². The van der Waals surface area contributed by atoms with E-state index in [4.69, 9.17) is 14.5 Å². The van der Waals surface area contributed by atoms with Gasteiger partial charge in [0.05, 0.1) is 13.2 Å². The lowest BCUT2D eigenvalue weighted by atomic mass is 10.2. The number of hydrogen-bond donors (Lipinski definition) is 1. The van der Waals surface area contributed by atoms with Crippen LogP contribution in [0.25, 0.3) is 0 Å². The summed E-state index contributed by atoms with van der Waals surface area (Å²) < 4.78 is 10.8. The van der Waals surface area contributed by atoms with E-state index < -0.39 is 0 Å². The van der Waals surface area contributed by atoms with Crippen LogP contribution in [-0.4, -0.2) is 73.9 Å². The van der Waals surface area contributed by atoms with Gasteiger partial charge in [0.15, 0.2) is 5.96 Å². The van der Waals surface area contributed by atoms with Crippen LogP contribution in [0.15, 0.2) is 47.7 Å². The summed E-state index contributed by atoms with van der Waals surface area (Å²) in [6, 6.07) is 9.94. The number of piperazine rings is 1. The van der Waals surface area contributed by atoms with Crippen molar-refractivity contribution < 1.29 is 9.47 Å². The number of aromatic nitrogens is 2. The van der Waals surface area contributed by atoms with Crippen LogP contribution in [-0.2, 0) is 11.3 Å². The fourth-order valence-corrected chi connectivity index (χ4v) is 3.17. The highest BCUT2D eigenvalue weighted by molar-refractivity contribution is 5.80. The molecule has 2 aromatic heterocycles. The van der Waals surface area contributed by atoms with E-state index in [0.29, 0.717) is 25.6 Å². The minimum Gasteiger partial charge on any atom is -0.475 e. The zero-order valence-electron chi connectivity index (χ0n) is 17.3. The number of rotatable bonds is 8. The molecule has 0 amide bonds. The van der Waals surface area contributed by atoms with Crippen LogP contribution >= 0.6 is 0 Å². The van der Waals surface area contributed by atoms with E-state index in [2.05, 4.69) is 38.1 Å². The number of methoxy groups -OCH3 is 1. The molecule has 2 aromatic rings. The summed E-state index contributed by atoms with van der Waals surface area (Å²) in [4.78, 5) is 18.2. The number of aliphatic imine (C=N–C) groups is 1. The molecule has 1 aliphatic rings. The molecule has 1 aliphatic heterocycles. The molecule has 3 heterocycles. The summed E-state index contributed by atoms with van der Waals surface area (Å²) in [5, 5.41) is 3.41. The second-order valence-electron chi connectivity index (χ2n) is 6.64. The summed E-state index contributed by atoms with van der Waals surface area (Å²) in [5.74, 6) is 2.56. The van der Waals surface area contributed by atoms with Gasteiger partial charge in [-0.1, -0.05) is 12.1 Å². The van der Waals surface area contributed by atoms with Crippen molar-refractivity contribution in [1.82, 2.24) is 20.2 Å². The maximum atomic E-state index is 5.73. The Labute approximate surface area is 172 Å². The Bertz CT molecular complexity index is 763. The maximum Gasteiger partial charge on any atom is 0.218 e. The van der Waals surface area contributed by atoms with Gasteiger partial charge in [0, 0.05) is 57.8 Å². The minimum atomic E-state index is 0.472. The predicted molar refractivity (Wildman–Crippen MR) is 114 cm³/mol. The predicted octanol–water partition coefficient (Wildman–Crippen LogP) is 1.79. The Kier molecular flexibility index (Phi) is 8.06. The summed E-state index contributed by atoms with van der Waals surface area (Å²) in [6.07, 6.45) is 3.57. The third-order valence-electron chi connectivity index (χ3n) is 4.66. The Hall–Kier alpha value is -2.87. The van der Waals surface area contributed by atoms with Gasteiger partial charge in [0.1, 0.15) is 12.4 Å². The van der Waals surface area contributed by atoms with Crippen molar-refractivity contribution in [3.8, 4) is 5.88 Å². The number of ether oxygens (including phenoxy) is 2. The fraction of sp³-hybridized carbons (Fsp3) is 0.476. The Morgan fingerprint density at radius 1 is 1.07 bits per heavy atom. The normalized spacial score (nSPS) is 14.8. The van der Waals surface area contributed by atoms with Gasteiger partial charge in [0.25, 0.3) is 0 Å². The largest absolute Gasteiger partial charge is 0.475 e. The van der Waals surface area contributed by atoms with Crippen LogP contribution in [0.1, 0.15) is 12.5 Å². The van der Waals surface area contributed by atoms with Crippen molar-refractivity contribution in [2.75, 3.05) is 57.9 Å². The average Bonchev–Trinajstić information content (AvgIpc) is 2.78. The van der Waals surface area contributed by atoms with Crippen molar-refractivity contribution >= 4 is 11.8 Å². The van der Waals surface area contributed by atoms with Gasteiger partial charge < -0.3 is 24.6 Å². The smallest absolute Gasteiger partial charge is 0.218 e. The molecule has 0 bridgehead atoms. The molecule has 0 unspecified atom stereocenters. The van der Waals surface area contributed by atoms with E-state index in [1.807, 2.05) is 30.5 Å². The summed E-state index contributed by atoms with van der Waals surface area (Å²) in [7, 11) is 1.66. The molecule has 8 nitrogen and oxygen atoms in total. The SMILES string of the molecule is CCNC(=NCc1cccnc1OCCOC)N1CCN(c2ccccn2)CC1. The number of hydrogen-bond acceptors (Lipinski definition) is 6. The van der Waals surface area contributed by atoms with Crippen LogP contribution in [0, 0.1) is 0 Å². The van der Waals surface area contributed by atoms with E-state index in [9.17, 15) is 0 Å². The molecule has 0 saturated carbocycles. The zero-order chi connectivity index (χ0) is 20.3. The number of guanidine groups is 1. The second-order valence-corrected chi connectivity index (χ2v) is 6.64. The van der Waals surface area contributed by atoms with Crippen LogP contribution in [0.2, 0.25) is 0 Å². The molecule has 0 radical (unpaired) electrons. The highest BCUT2D eigenvalue weighted by Crippen LogP contribution is 2.16. The number of nitrogens with zero attached hydrogens (tertiary/aromatic N) is 5. The maximum absolute atomic E-state index is 5.73. The van der Waals surface area contributed by atoms with E-state index in [0.717, 1.165) is 50.1 Å². The highest BCUT2D eigenvalue weighted by atomic mass is 16.5. The van der Waals surface area contributed by atoms with Crippen LogP contribution in [0.4, 0.5) is 5.82 Å². The first-order valence-electron chi connectivity index (χ1n) is 10.1.